The van der Waals surface area contributed by atoms with Crippen LogP contribution in [0.1, 0.15) is 12.5 Å². The van der Waals surface area contributed by atoms with Crippen LogP contribution in [0.5, 0.6) is 5.75 Å². The van der Waals surface area contributed by atoms with Gasteiger partial charge in [0.25, 0.3) is 0 Å². The molecule has 0 spiro atoms. The zero-order valence-corrected chi connectivity index (χ0v) is 16.1. The van der Waals surface area contributed by atoms with E-state index in [1.165, 1.54) is 5.56 Å². The van der Waals surface area contributed by atoms with Crippen molar-refractivity contribution in [3.63, 3.8) is 0 Å². The number of anilines is 1. The highest BCUT2D eigenvalue weighted by Gasteiger charge is 2.18. The lowest BCUT2D eigenvalue weighted by molar-refractivity contribution is -0.117. The van der Waals surface area contributed by atoms with Crippen LogP contribution in [0.15, 0.2) is 54.6 Å². The SMILES string of the molecule is CCc1cccc(NC(=O)CN2CCN(CCOc3ccccc3)CC2)c1. The van der Waals surface area contributed by atoms with Gasteiger partial charge in [0.15, 0.2) is 0 Å². The molecule has 1 aliphatic heterocycles. The molecule has 0 unspecified atom stereocenters. The quantitative estimate of drug-likeness (QED) is 0.779. The second-order valence-corrected chi connectivity index (χ2v) is 6.88. The topological polar surface area (TPSA) is 44.8 Å². The van der Waals surface area contributed by atoms with Crippen molar-refractivity contribution in [2.24, 2.45) is 0 Å². The summed E-state index contributed by atoms with van der Waals surface area (Å²) in [5, 5.41) is 3.01. The maximum Gasteiger partial charge on any atom is 0.238 e. The fourth-order valence-electron chi connectivity index (χ4n) is 3.25. The summed E-state index contributed by atoms with van der Waals surface area (Å²) in [5.41, 5.74) is 2.12. The molecule has 1 N–H and O–H groups in total. The number of aryl methyl sites for hydroxylation is 1. The standard InChI is InChI=1S/C22H29N3O2/c1-2-19-7-6-8-20(17-19)23-22(26)18-25-13-11-24(12-14-25)15-16-27-21-9-4-3-5-10-21/h3-10,17H,2,11-16,18H2,1H3,(H,23,26). The molecule has 1 saturated heterocycles. The summed E-state index contributed by atoms with van der Waals surface area (Å²) < 4.78 is 5.77. The van der Waals surface area contributed by atoms with Gasteiger partial charge in [-0.25, -0.2) is 0 Å². The van der Waals surface area contributed by atoms with Crippen molar-refractivity contribution in [2.75, 3.05) is 51.2 Å². The van der Waals surface area contributed by atoms with Gasteiger partial charge >= 0.3 is 0 Å². The van der Waals surface area contributed by atoms with Gasteiger partial charge in [-0.05, 0) is 36.2 Å². The Morgan fingerprint density at radius 2 is 1.74 bits per heavy atom. The smallest absolute Gasteiger partial charge is 0.238 e. The number of benzene rings is 2. The van der Waals surface area contributed by atoms with E-state index >= 15 is 0 Å². The summed E-state index contributed by atoms with van der Waals surface area (Å²) in [6.45, 7) is 7.93. The van der Waals surface area contributed by atoms with E-state index in [2.05, 4.69) is 28.1 Å². The molecule has 1 aliphatic rings. The van der Waals surface area contributed by atoms with Crippen LogP contribution in [0, 0.1) is 0 Å². The lowest BCUT2D eigenvalue weighted by atomic mass is 10.1. The summed E-state index contributed by atoms with van der Waals surface area (Å²) in [4.78, 5) is 16.9. The molecule has 27 heavy (non-hydrogen) atoms. The van der Waals surface area contributed by atoms with E-state index in [9.17, 15) is 4.79 Å². The highest BCUT2D eigenvalue weighted by atomic mass is 16.5. The molecule has 0 bridgehead atoms. The molecule has 1 amide bonds. The molecule has 0 atom stereocenters. The minimum absolute atomic E-state index is 0.0594. The average Bonchev–Trinajstić information content (AvgIpc) is 2.70. The van der Waals surface area contributed by atoms with Crippen LogP contribution in [-0.2, 0) is 11.2 Å². The zero-order chi connectivity index (χ0) is 18.9. The van der Waals surface area contributed by atoms with E-state index in [4.69, 9.17) is 4.74 Å². The van der Waals surface area contributed by atoms with Crippen molar-refractivity contribution in [3.05, 3.63) is 60.2 Å². The third-order valence-electron chi connectivity index (χ3n) is 4.87. The Bertz CT molecular complexity index is 713. The van der Waals surface area contributed by atoms with Crippen molar-refractivity contribution < 1.29 is 9.53 Å². The Labute approximate surface area is 161 Å². The lowest BCUT2D eigenvalue weighted by Gasteiger charge is -2.34. The van der Waals surface area contributed by atoms with E-state index in [0.29, 0.717) is 13.2 Å². The van der Waals surface area contributed by atoms with Crippen LogP contribution in [0.2, 0.25) is 0 Å². The first-order chi connectivity index (χ1) is 13.2. The van der Waals surface area contributed by atoms with Crippen LogP contribution in [0.4, 0.5) is 5.69 Å². The fraction of sp³-hybridized carbons (Fsp3) is 0.409. The summed E-state index contributed by atoms with van der Waals surface area (Å²) in [6, 6.07) is 18.0. The van der Waals surface area contributed by atoms with Crippen LogP contribution in [0.25, 0.3) is 0 Å². The first-order valence-corrected chi connectivity index (χ1v) is 9.74. The van der Waals surface area contributed by atoms with Gasteiger partial charge in [0, 0.05) is 38.4 Å². The van der Waals surface area contributed by atoms with Gasteiger partial charge in [0.05, 0.1) is 6.54 Å². The van der Waals surface area contributed by atoms with E-state index in [1.807, 2.05) is 48.5 Å². The summed E-state index contributed by atoms with van der Waals surface area (Å²) >= 11 is 0. The van der Waals surface area contributed by atoms with Gasteiger partial charge in [-0.3, -0.25) is 14.6 Å². The minimum Gasteiger partial charge on any atom is -0.492 e. The normalized spacial score (nSPS) is 15.4. The summed E-state index contributed by atoms with van der Waals surface area (Å²) in [7, 11) is 0. The lowest BCUT2D eigenvalue weighted by Crippen LogP contribution is -2.49. The van der Waals surface area contributed by atoms with Gasteiger partial charge in [0.1, 0.15) is 12.4 Å². The number of carbonyl (C=O) groups excluding carboxylic acids is 1. The molecule has 5 heteroatoms. The number of hydrogen-bond donors (Lipinski definition) is 1. The Morgan fingerprint density at radius 3 is 2.48 bits per heavy atom. The summed E-state index contributed by atoms with van der Waals surface area (Å²) in [6.07, 6.45) is 0.972. The number of piperazine rings is 1. The molecule has 5 nitrogen and oxygen atoms in total. The molecule has 2 aromatic rings. The molecule has 0 saturated carbocycles. The second kappa shape index (κ2) is 10.1. The van der Waals surface area contributed by atoms with Crippen molar-refractivity contribution >= 4 is 11.6 Å². The number of hydrogen-bond acceptors (Lipinski definition) is 4. The summed E-state index contributed by atoms with van der Waals surface area (Å²) in [5.74, 6) is 0.976. The predicted molar refractivity (Wildman–Crippen MR) is 109 cm³/mol. The van der Waals surface area contributed by atoms with E-state index in [1.54, 1.807) is 0 Å². The average molecular weight is 367 g/mol. The van der Waals surface area contributed by atoms with E-state index < -0.39 is 0 Å². The first kappa shape index (κ1) is 19.4. The Hall–Kier alpha value is -2.37. The van der Waals surface area contributed by atoms with Crippen molar-refractivity contribution in [1.29, 1.82) is 0 Å². The van der Waals surface area contributed by atoms with Gasteiger partial charge in [0.2, 0.25) is 5.91 Å². The highest BCUT2D eigenvalue weighted by molar-refractivity contribution is 5.92. The number of carbonyl (C=O) groups is 1. The molecule has 0 aliphatic carbocycles. The van der Waals surface area contributed by atoms with Gasteiger partial charge in [-0.1, -0.05) is 37.3 Å². The molecule has 144 valence electrons. The molecule has 0 aromatic heterocycles. The molecule has 1 fully saturated rings. The molecule has 0 radical (unpaired) electrons. The van der Waals surface area contributed by atoms with Gasteiger partial charge in [-0.2, -0.15) is 0 Å². The third-order valence-corrected chi connectivity index (χ3v) is 4.87. The molecular weight excluding hydrogens is 338 g/mol. The Balaban J connectivity index is 1.34. The van der Waals surface area contributed by atoms with E-state index in [0.717, 1.165) is 50.6 Å². The van der Waals surface area contributed by atoms with E-state index in [-0.39, 0.29) is 5.91 Å². The number of nitrogens with zero attached hydrogens (tertiary/aromatic N) is 2. The number of rotatable bonds is 8. The Morgan fingerprint density at radius 1 is 1.00 bits per heavy atom. The number of ether oxygens (including phenoxy) is 1. The van der Waals surface area contributed by atoms with Crippen LogP contribution >= 0.6 is 0 Å². The van der Waals surface area contributed by atoms with Crippen molar-refractivity contribution in [3.8, 4) is 5.75 Å². The molecule has 1 heterocycles. The third kappa shape index (κ3) is 6.38. The van der Waals surface area contributed by atoms with Crippen LogP contribution < -0.4 is 10.1 Å². The fourth-order valence-corrected chi connectivity index (χ4v) is 3.25. The molecule has 3 rings (SSSR count). The van der Waals surface area contributed by atoms with Gasteiger partial charge in [-0.15, -0.1) is 0 Å². The highest BCUT2D eigenvalue weighted by Crippen LogP contribution is 2.12. The van der Waals surface area contributed by atoms with Crippen molar-refractivity contribution in [1.82, 2.24) is 9.80 Å². The van der Waals surface area contributed by atoms with Crippen LogP contribution in [-0.4, -0.2) is 61.6 Å². The Kier molecular flexibility index (Phi) is 7.25. The number of amides is 1. The second-order valence-electron chi connectivity index (χ2n) is 6.88. The monoisotopic (exact) mass is 367 g/mol. The molecule has 2 aromatic carbocycles. The number of para-hydroxylation sites is 1. The minimum atomic E-state index is 0.0594. The van der Waals surface area contributed by atoms with Crippen LogP contribution in [0.3, 0.4) is 0 Å². The van der Waals surface area contributed by atoms with Crippen molar-refractivity contribution in [2.45, 2.75) is 13.3 Å². The number of nitrogens with one attached hydrogen (secondary N) is 1. The maximum atomic E-state index is 12.3. The maximum absolute atomic E-state index is 12.3. The first-order valence-electron chi connectivity index (χ1n) is 9.74. The largest absolute Gasteiger partial charge is 0.492 e. The zero-order valence-electron chi connectivity index (χ0n) is 16.1. The van der Waals surface area contributed by atoms with Gasteiger partial charge < -0.3 is 10.1 Å². The predicted octanol–water partition coefficient (Wildman–Crippen LogP) is 2.88. The molecular formula is C22H29N3O2.